The molecule has 3 rings (SSSR count). The van der Waals surface area contributed by atoms with E-state index in [9.17, 15) is 4.79 Å². The molecule has 0 spiro atoms. The van der Waals surface area contributed by atoms with Gasteiger partial charge in [-0.15, -0.1) is 11.3 Å². The highest BCUT2D eigenvalue weighted by Crippen LogP contribution is 2.22. The number of carbonyl (C=O) groups is 1. The summed E-state index contributed by atoms with van der Waals surface area (Å²) in [5.41, 5.74) is 4.88. The molecule has 0 aliphatic rings. The molecule has 0 bridgehead atoms. The second kappa shape index (κ2) is 5.58. The quantitative estimate of drug-likeness (QED) is 0.750. The number of aromatic nitrogens is 1. The Morgan fingerprint density at radius 3 is 2.80 bits per heavy atom. The summed E-state index contributed by atoms with van der Waals surface area (Å²) in [6.07, 6.45) is -0.680. The monoisotopic (exact) mass is 286 g/mol. The second-order valence-corrected chi connectivity index (χ2v) is 4.77. The summed E-state index contributed by atoms with van der Waals surface area (Å²) >= 11 is 1.50. The minimum atomic E-state index is -0.680. The molecule has 0 unspecified atom stereocenters. The Kier molecular flexibility index (Phi) is 3.47. The SMILES string of the molecule is O=C(NOc1ccc2ncsc2c1)Oc1ccccc1. The molecule has 5 nitrogen and oxygen atoms in total. The van der Waals surface area contributed by atoms with E-state index in [1.807, 2.05) is 12.1 Å². The maximum atomic E-state index is 11.5. The summed E-state index contributed by atoms with van der Waals surface area (Å²) in [6.45, 7) is 0. The summed E-state index contributed by atoms with van der Waals surface area (Å²) in [5.74, 6) is 0.971. The lowest BCUT2D eigenvalue weighted by atomic mass is 10.3. The van der Waals surface area contributed by atoms with Crippen LogP contribution >= 0.6 is 11.3 Å². The van der Waals surface area contributed by atoms with Crippen LogP contribution in [-0.4, -0.2) is 11.1 Å². The lowest BCUT2D eigenvalue weighted by molar-refractivity contribution is 0.142. The van der Waals surface area contributed by atoms with E-state index in [-0.39, 0.29) is 0 Å². The first-order valence-electron chi connectivity index (χ1n) is 5.84. The molecule has 0 aliphatic heterocycles. The third-order valence-corrected chi connectivity index (χ3v) is 3.30. The molecule has 100 valence electrons. The number of hydrogen-bond donors (Lipinski definition) is 1. The van der Waals surface area contributed by atoms with Gasteiger partial charge < -0.3 is 9.57 Å². The maximum Gasteiger partial charge on any atom is 0.446 e. The van der Waals surface area contributed by atoms with Crippen LogP contribution in [0, 0.1) is 0 Å². The van der Waals surface area contributed by atoms with Crippen LogP contribution in [-0.2, 0) is 0 Å². The van der Waals surface area contributed by atoms with Gasteiger partial charge in [-0.3, -0.25) is 0 Å². The lowest BCUT2D eigenvalue weighted by Crippen LogP contribution is -2.29. The Labute approximate surface area is 118 Å². The molecule has 0 atom stereocenters. The number of amides is 1. The molecule has 0 radical (unpaired) electrons. The number of fused-ring (bicyclic) bond motifs is 1. The van der Waals surface area contributed by atoms with Gasteiger partial charge >= 0.3 is 6.09 Å². The van der Waals surface area contributed by atoms with Gasteiger partial charge in [0.1, 0.15) is 5.75 Å². The van der Waals surface area contributed by atoms with Gasteiger partial charge in [0.05, 0.1) is 15.7 Å². The highest BCUT2D eigenvalue weighted by molar-refractivity contribution is 7.16. The predicted octanol–water partition coefficient (Wildman–Crippen LogP) is 3.38. The number of para-hydroxylation sites is 1. The number of nitrogens with one attached hydrogen (secondary N) is 1. The fraction of sp³-hybridized carbons (Fsp3) is 0. The van der Waals surface area contributed by atoms with Crippen molar-refractivity contribution in [2.24, 2.45) is 0 Å². The first-order valence-corrected chi connectivity index (χ1v) is 6.72. The zero-order valence-corrected chi connectivity index (χ0v) is 11.1. The van der Waals surface area contributed by atoms with E-state index in [0.29, 0.717) is 11.5 Å². The average molecular weight is 286 g/mol. The molecule has 1 aromatic heterocycles. The smallest absolute Gasteiger partial charge is 0.408 e. The van der Waals surface area contributed by atoms with E-state index in [4.69, 9.17) is 9.57 Å². The van der Waals surface area contributed by atoms with E-state index >= 15 is 0 Å². The Morgan fingerprint density at radius 1 is 1.10 bits per heavy atom. The number of nitrogens with zero attached hydrogens (tertiary/aromatic N) is 1. The topological polar surface area (TPSA) is 60.5 Å². The highest BCUT2D eigenvalue weighted by atomic mass is 32.1. The van der Waals surface area contributed by atoms with E-state index < -0.39 is 6.09 Å². The third-order valence-electron chi connectivity index (χ3n) is 2.51. The zero-order chi connectivity index (χ0) is 13.8. The minimum absolute atomic E-state index is 0.450. The van der Waals surface area contributed by atoms with E-state index in [1.54, 1.807) is 41.9 Å². The molecule has 0 saturated heterocycles. The van der Waals surface area contributed by atoms with Gasteiger partial charge in [0.25, 0.3) is 0 Å². The van der Waals surface area contributed by atoms with Crippen molar-refractivity contribution < 1.29 is 14.4 Å². The van der Waals surface area contributed by atoms with Crippen LogP contribution in [0.2, 0.25) is 0 Å². The number of carbonyl (C=O) groups excluding carboxylic acids is 1. The van der Waals surface area contributed by atoms with Gasteiger partial charge in [-0.2, -0.15) is 5.48 Å². The van der Waals surface area contributed by atoms with Gasteiger partial charge in [0, 0.05) is 6.07 Å². The standard InChI is InChI=1S/C14H10N2O3S/c17-14(18-10-4-2-1-3-5-10)16-19-11-6-7-12-13(8-11)20-9-15-12/h1-9H,(H,16,17). The molecule has 2 aromatic carbocycles. The summed E-state index contributed by atoms with van der Waals surface area (Å²) in [4.78, 5) is 20.9. The van der Waals surface area contributed by atoms with Crippen LogP contribution < -0.4 is 15.1 Å². The fourth-order valence-corrected chi connectivity index (χ4v) is 2.32. The van der Waals surface area contributed by atoms with E-state index in [0.717, 1.165) is 10.2 Å². The number of ether oxygens (including phenoxy) is 1. The Balaban J connectivity index is 1.59. The molecule has 0 aliphatic carbocycles. The number of hydrogen-bond acceptors (Lipinski definition) is 5. The lowest BCUT2D eigenvalue weighted by Gasteiger charge is -2.07. The number of benzene rings is 2. The first-order chi connectivity index (χ1) is 9.81. The van der Waals surface area contributed by atoms with Crippen LogP contribution in [0.1, 0.15) is 0 Å². The second-order valence-electron chi connectivity index (χ2n) is 3.89. The Bertz CT molecular complexity index is 727. The summed E-state index contributed by atoms with van der Waals surface area (Å²) in [6, 6.07) is 14.1. The highest BCUT2D eigenvalue weighted by Gasteiger charge is 2.05. The van der Waals surface area contributed by atoms with Crippen LogP contribution in [0.25, 0.3) is 10.2 Å². The molecule has 1 N–H and O–H groups in total. The fourth-order valence-electron chi connectivity index (χ4n) is 1.62. The number of thiazole rings is 1. The number of hydroxylamine groups is 1. The van der Waals surface area contributed by atoms with Crippen molar-refractivity contribution in [2.45, 2.75) is 0 Å². The zero-order valence-electron chi connectivity index (χ0n) is 10.3. The van der Waals surface area contributed by atoms with E-state index in [1.165, 1.54) is 11.3 Å². The molecule has 1 heterocycles. The van der Waals surface area contributed by atoms with Gasteiger partial charge in [-0.05, 0) is 24.3 Å². The molecule has 20 heavy (non-hydrogen) atoms. The van der Waals surface area contributed by atoms with Crippen molar-refractivity contribution in [3.63, 3.8) is 0 Å². The minimum Gasteiger partial charge on any atom is -0.408 e. The van der Waals surface area contributed by atoms with Crippen molar-refractivity contribution in [2.75, 3.05) is 0 Å². The maximum absolute atomic E-state index is 11.5. The van der Waals surface area contributed by atoms with Crippen molar-refractivity contribution in [3.05, 3.63) is 54.0 Å². The summed E-state index contributed by atoms with van der Waals surface area (Å²) < 4.78 is 6.01. The molecule has 0 fully saturated rings. The molecule has 1 amide bonds. The van der Waals surface area contributed by atoms with Gasteiger partial charge in [0.15, 0.2) is 5.75 Å². The van der Waals surface area contributed by atoms with E-state index in [2.05, 4.69) is 10.5 Å². The van der Waals surface area contributed by atoms with Crippen molar-refractivity contribution in [1.29, 1.82) is 0 Å². The average Bonchev–Trinajstić information content (AvgIpc) is 2.93. The molecular formula is C14H10N2O3S. The molecule has 3 aromatic rings. The largest absolute Gasteiger partial charge is 0.446 e. The molecular weight excluding hydrogens is 276 g/mol. The Hall–Kier alpha value is -2.60. The van der Waals surface area contributed by atoms with Gasteiger partial charge in [-0.1, -0.05) is 18.2 Å². The van der Waals surface area contributed by atoms with Crippen molar-refractivity contribution >= 4 is 27.6 Å². The van der Waals surface area contributed by atoms with Crippen LogP contribution in [0.15, 0.2) is 54.0 Å². The van der Waals surface area contributed by atoms with Crippen LogP contribution in [0.3, 0.4) is 0 Å². The number of rotatable bonds is 3. The first kappa shape index (κ1) is 12.4. The molecule has 0 saturated carbocycles. The van der Waals surface area contributed by atoms with Gasteiger partial charge in [-0.25, -0.2) is 9.78 Å². The summed E-state index contributed by atoms with van der Waals surface area (Å²) in [7, 11) is 0. The normalized spacial score (nSPS) is 10.2. The predicted molar refractivity (Wildman–Crippen MR) is 75.8 cm³/mol. The van der Waals surface area contributed by atoms with Crippen LogP contribution in [0.4, 0.5) is 4.79 Å². The third kappa shape index (κ3) is 2.86. The van der Waals surface area contributed by atoms with Crippen LogP contribution in [0.5, 0.6) is 11.5 Å². The van der Waals surface area contributed by atoms with Crippen molar-refractivity contribution in [3.8, 4) is 11.5 Å². The molecule has 6 heteroatoms. The van der Waals surface area contributed by atoms with Gasteiger partial charge in [0.2, 0.25) is 0 Å². The Morgan fingerprint density at radius 2 is 1.95 bits per heavy atom. The summed E-state index contributed by atoms with van der Waals surface area (Å²) in [5, 5.41) is 0. The van der Waals surface area contributed by atoms with Crippen molar-refractivity contribution in [1.82, 2.24) is 10.5 Å².